The van der Waals surface area contributed by atoms with Crippen LogP contribution in [0.1, 0.15) is 15.9 Å². The molecule has 0 saturated carbocycles. The van der Waals surface area contributed by atoms with Crippen LogP contribution < -0.4 is 5.32 Å². The van der Waals surface area contributed by atoms with Gasteiger partial charge in [-0.3, -0.25) is 9.69 Å². The number of amides is 1. The summed E-state index contributed by atoms with van der Waals surface area (Å²) in [5.41, 5.74) is 2.91. The molecular formula is C21H23N3O2. The number of aliphatic hydroxyl groups is 1. The second-order valence-corrected chi connectivity index (χ2v) is 6.98. The van der Waals surface area contributed by atoms with Crippen molar-refractivity contribution in [1.82, 2.24) is 15.2 Å². The van der Waals surface area contributed by atoms with Crippen molar-refractivity contribution >= 4 is 16.8 Å². The van der Waals surface area contributed by atoms with E-state index in [1.165, 1.54) is 5.56 Å². The number of fused-ring (bicyclic) bond motifs is 1. The molecule has 2 atom stereocenters. The fourth-order valence-electron chi connectivity index (χ4n) is 3.73. The van der Waals surface area contributed by atoms with Gasteiger partial charge in [-0.05, 0) is 29.8 Å². The number of aliphatic hydroxyl groups excluding tert-OH is 1. The number of hydrogen-bond acceptors (Lipinski definition) is 3. The molecule has 26 heavy (non-hydrogen) atoms. The molecule has 3 N–H and O–H groups in total. The summed E-state index contributed by atoms with van der Waals surface area (Å²) < 4.78 is 0. The number of benzene rings is 2. The first-order chi connectivity index (χ1) is 12.7. The Morgan fingerprint density at radius 3 is 2.81 bits per heavy atom. The Balaban J connectivity index is 1.43. The van der Waals surface area contributed by atoms with Crippen LogP contribution in [0, 0.1) is 5.92 Å². The molecule has 1 aromatic heterocycles. The predicted molar refractivity (Wildman–Crippen MR) is 102 cm³/mol. The molecule has 2 heterocycles. The van der Waals surface area contributed by atoms with Gasteiger partial charge in [-0.1, -0.05) is 30.3 Å². The summed E-state index contributed by atoms with van der Waals surface area (Å²) in [6.07, 6.45) is 1.87. The average molecular weight is 349 g/mol. The van der Waals surface area contributed by atoms with E-state index in [0.29, 0.717) is 5.56 Å². The maximum Gasteiger partial charge on any atom is 0.251 e. The van der Waals surface area contributed by atoms with Gasteiger partial charge in [0, 0.05) is 60.9 Å². The zero-order valence-corrected chi connectivity index (χ0v) is 14.6. The first-order valence-corrected chi connectivity index (χ1v) is 8.98. The van der Waals surface area contributed by atoms with Crippen molar-refractivity contribution in [2.45, 2.75) is 12.6 Å². The minimum Gasteiger partial charge on any atom is -0.396 e. The standard InChI is InChI=1S/C21H23N3O2/c25-14-18-12-24(11-15-4-2-1-3-5-15)13-20(18)23-21(26)17-6-7-19-16(10-17)8-9-22-19/h1-10,18,20,22,25H,11-14H2,(H,23,26)/t18-,20+/m0/s1. The lowest BCUT2D eigenvalue weighted by Crippen LogP contribution is -2.41. The molecule has 3 aromatic rings. The molecule has 5 nitrogen and oxygen atoms in total. The van der Waals surface area contributed by atoms with Gasteiger partial charge in [-0.15, -0.1) is 0 Å². The Kier molecular flexibility index (Phi) is 4.73. The number of carbonyl (C=O) groups excluding carboxylic acids is 1. The summed E-state index contributed by atoms with van der Waals surface area (Å²) in [6.45, 7) is 2.44. The van der Waals surface area contributed by atoms with Crippen LogP contribution in [0.15, 0.2) is 60.8 Å². The summed E-state index contributed by atoms with van der Waals surface area (Å²) in [4.78, 5) is 18.1. The monoisotopic (exact) mass is 349 g/mol. The maximum atomic E-state index is 12.7. The summed E-state index contributed by atoms with van der Waals surface area (Å²) in [5.74, 6) is -0.0308. The fraction of sp³-hybridized carbons (Fsp3) is 0.286. The van der Waals surface area contributed by atoms with Crippen molar-refractivity contribution < 1.29 is 9.90 Å². The summed E-state index contributed by atoms with van der Waals surface area (Å²) in [5, 5.41) is 13.9. The molecule has 1 amide bonds. The first-order valence-electron chi connectivity index (χ1n) is 8.98. The van der Waals surface area contributed by atoms with E-state index in [-0.39, 0.29) is 24.5 Å². The van der Waals surface area contributed by atoms with Gasteiger partial charge < -0.3 is 15.4 Å². The number of likely N-dealkylation sites (tertiary alicyclic amines) is 1. The number of rotatable bonds is 5. The van der Waals surface area contributed by atoms with Gasteiger partial charge in [0.1, 0.15) is 0 Å². The van der Waals surface area contributed by atoms with Gasteiger partial charge >= 0.3 is 0 Å². The second-order valence-electron chi connectivity index (χ2n) is 6.98. The molecule has 2 aromatic carbocycles. The van der Waals surface area contributed by atoms with Crippen LogP contribution in [0.25, 0.3) is 10.9 Å². The van der Waals surface area contributed by atoms with E-state index in [4.69, 9.17) is 0 Å². The third-order valence-electron chi connectivity index (χ3n) is 5.13. The predicted octanol–water partition coefficient (Wildman–Crippen LogP) is 2.39. The molecule has 5 heteroatoms. The van der Waals surface area contributed by atoms with Crippen molar-refractivity contribution in [3.8, 4) is 0 Å². The van der Waals surface area contributed by atoms with Gasteiger partial charge in [-0.25, -0.2) is 0 Å². The van der Waals surface area contributed by atoms with Gasteiger partial charge in [0.05, 0.1) is 0 Å². The van der Waals surface area contributed by atoms with E-state index in [1.807, 2.05) is 48.7 Å². The van der Waals surface area contributed by atoms with Gasteiger partial charge in [0.15, 0.2) is 0 Å². The molecule has 0 bridgehead atoms. The first kappa shape index (κ1) is 16.8. The lowest BCUT2D eigenvalue weighted by Gasteiger charge is -2.18. The molecule has 1 aliphatic rings. The Hall–Kier alpha value is -2.63. The number of carbonyl (C=O) groups is 1. The molecule has 134 valence electrons. The number of nitrogens with one attached hydrogen (secondary N) is 2. The molecule has 0 spiro atoms. The topological polar surface area (TPSA) is 68.4 Å². The molecule has 1 fully saturated rings. The zero-order chi connectivity index (χ0) is 17.9. The highest BCUT2D eigenvalue weighted by molar-refractivity contribution is 5.98. The summed E-state index contributed by atoms with van der Waals surface area (Å²) in [7, 11) is 0. The quantitative estimate of drug-likeness (QED) is 0.662. The zero-order valence-electron chi connectivity index (χ0n) is 14.6. The van der Waals surface area contributed by atoms with Crippen molar-refractivity contribution in [3.63, 3.8) is 0 Å². The highest BCUT2D eigenvalue weighted by Crippen LogP contribution is 2.20. The van der Waals surface area contributed by atoms with Crippen LogP contribution in [0.2, 0.25) is 0 Å². The Labute approximate surface area is 152 Å². The molecule has 1 saturated heterocycles. The van der Waals surface area contributed by atoms with Crippen molar-refractivity contribution in [1.29, 1.82) is 0 Å². The van der Waals surface area contributed by atoms with E-state index in [9.17, 15) is 9.90 Å². The molecular weight excluding hydrogens is 326 g/mol. The third-order valence-corrected chi connectivity index (χ3v) is 5.13. The van der Waals surface area contributed by atoms with E-state index < -0.39 is 0 Å². The largest absolute Gasteiger partial charge is 0.396 e. The van der Waals surface area contributed by atoms with Crippen LogP contribution in [0.5, 0.6) is 0 Å². The van der Waals surface area contributed by atoms with Crippen LogP contribution >= 0.6 is 0 Å². The molecule has 1 aliphatic heterocycles. The molecule has 4 rings (SSSR count). The Morgan fingerprint density at radius 2 is 2.00 bits per heavy atom. The van der Waals surface area contributed by atoms with E-state index >= 15 is 0 Å². The molecule has 0 aliphatic carbocycles. The highest BCUT2D eigenvalue weighted by atomic mass is 16.3. The molecule has 0 radical (unpaired) electrons. The minimum absolute atomic E-state index is 0.0434. The smallest absolute Gasteiger partial charge is 0.251 e. The number of aromatic amines is 1. The van der Waals surface area contributed by atoms with Crippen LogP contribution in [0.3, 0.4) is 0 Å². The second kappa shape index (κ2) is 7.32. The van der Waals surface area contributed by atoms with E-state index in [2.05, 4.69) is 27.3 Å². The number of hydrogen-bond donors (Lipinski definition) is 3. The average Bonchev–Trinajstić information content (AvgIpc) is 3.28. The number of nitrogens with zero attached hydrogens (tertiary/aromatic N) is 1. The van der Waals surface area contributed by atoms with Gasteiger partial charge in [0.2, 0.25) is 0 Å². The maximum absolute atomic E-state index is 12.7. The summed E-state index contributed by atoms with van der Waals surface area (Å²) in [6, 6.07) is 17.8. The van der Waals surface area contributed by atoms with E-state index in [0.717, 1.165) is 30.5 Å². The number of H-pyrrole nitrogens is 1. The van der Waals surface area contributed by atoms with Crippen molar-refractivity contribution in [2.75, 3.05) is 19.7 Å². The van der Waals surface area contributed by atoms with Crippen LogP contribution in [-0.2, 0) is 6.54 Å². The lowest BCUT2D eigenvalue weighted by atomic mass is 10.0. The van der Waals surface area contributed by atoms with Crippen LogP contribution in [-0.4, -0.2) is 46.6 Å². The minimum atomic E-state index is -0.0851. The Bertz CT molecular complexity index is 890. The normalized spacial score (nSPS) is 20.5. The number of aromatic nitrogens is 1. The van der Waals surface area contributed by atoms with Crippen molar-refractivity contribution in [3.05, 3.63) is 71.9 Å². The van der Waals surface area contributed by atoms with Gasteiger partial charge in [-0.2, -0.15) is 0 Å². The van der Waals surface area contributed by atoms with Gasteiger partial charge in [0.25, 0.3) is 5.91 Å². The molecule has 0 unspecified atom stereocenters. The SMILES string of the molecule is O=C(N[C@@H]1CN(Cc2ccccc2)C[C@H]1CO)c1ccc2[nH]ccc2c1. The highest BCUT2D eigenvalue weighted by Gasteiger charge is 2.33. The Morgan fingerprint density at radius 1 is 1.15 bits per heavy atom. The van der Waals surface area contributed by atoms with Crippen LogP contribution in [0.4, 0.5) is 0 Å². The fourth-order valence-corrected chi connectivity index (χ4v) is 3.73. The third kappa shape index (κ3) is 3.49. The van der Waals surface area contributed by atoms with Crippen molar-refractivity contribution in [2.24, 2.45) is 5.92 Å². The lowest BCUT2D eigenvalue weighted by molar-refractivity contribution is 0.0921. The summed E-state index contributed by atoms with van der Waals surface area (Å²) >= 11 is 0. The van der Waals surface area contributed by atoms with E-state index in [1.54, 1.807) is 0 Å².